The summed E-state index contributed by atoms with van der Waals surface area (Å²) in [5, 5.41) is 0. The van der Waals surface area contributed by atoms with Crippen molar-refractivity contribution in [3.05, 3.63) is 0 Å². The van der Waals surface area contributed by atoms with Gasteiger partial charge in [-0.15, -0.1) is 0 Å². The average molecular weight is 212 g/mol. The Balaban J connectivity index is 2.23. The number of ether oxygens (including phenoxy) is 2. The zero-order chi connectivity index (χ0) is 11.5. The summed E-state index contributed by atoms with van der Waals surface area (Å²) in [6, 6.07) is 0. The van der Waals surface area contributed by atoms with Gasteiger partial charge in [0, 0.05) is 0 Å². The summed E-state index contributed by atoms with van der Waals surface area (Å²) < 4.78 is 10.6. The maximum Gasteiger partial charge on any atom is 0.340 e. The fourth-order valence-electron chi connectivity index (χ4n) is 3.47. The molecule has 3 unspecified atom stereocenters. The first-order valence-corrected chi connectivity index (χ1v) is 5.56. The van der Waals surface area contributed by atoms with Crippen LogP contribution < -0.4 is 0 Å². The number of hydrogen-bond acceptors (Lipinski definition) is 3. The van der Waals surface area contributed by atoms with Crippen LogP contribution in [0.15, 0.2) is 0 Å². The molecule has 3 atom stereocenters. The zero-order valence-corrected chi connectivity index (χ0v) is 10.2. The van der Waals surface area contributed by atoms with E-state index in [-0.39, 0.29) is 17.0 Å². The summed E-state index contributed by atoms with van der Waals surface area (Å²) >= 11 is 0. The highest BCUT2D eigenvalue weighted by Crippen LogP contribution is 2.65. The summed E-state index contributed by atoms with van der Waals surface area (Å²) in [5.74, 6) is 0.198. The van der Waals surface area contributed by atoms with Gasteiger partial charge in [0.05, 0.1) is 7.11 Å². The van der Waals surface area contributed by atoms with Gasteiger partial charge in [-0.25, -0.2) is 4.79 Å². The van der Waals surface area contributed by atoms with Crippen molar-refractivity contribution in [3.63, 3.8) is 0 Å². The molecule has 3 nitrogen and oxygen atoms in total. The first kappa shape index (κ1) is 10.9. The molecule has 2 aliphatic rings. The van der Waals surface area contributed by atoms with E-state index in [4.69, 9.17) is 9.47 Å². The largest absolute Gasteiger partial charge is 0.467 e. The molecule has 0 radical (unpaired) electrons. The van der Waals surface area contributed by atoms with Gasteiger partial charge in [0.25, 0.3) is 0 Å². The van der Waals surface area contributed by atoms with Crippen LogP contribution in [0, 0.1) is 11.3 Å². The average Bonchev–Trinajstić information content (AvgIpc) is 2.62. The van der Waals surface area contributed by atoms with Crippen LogP contribution in [0.4, 0.5) is 0 Å². The van der Waals surface area contributed by atoms with E-state index >= 15 is 0 Å². The van der Waals surface area contributed by atoms with Crippen LogP contribution in [0.1, 0.15) is 40.5 Å². The second kappa shape index (κ2) is 2.76. The monoisotopic (exact) mass is 212 g/mol. The van der Waals surface area contributed by atoms with Crippen LogP contribution in [0.5, 0.6) is 0 Å². The molecule has 0 aromatic heterocycles. The minimum absolute atomic E-state index is 0.230. The molecule has 1 saturated heterocycles. The van der Waals surface area contributed by atoms with E-state index in [0.29, 0.717) is 5.92 Å². The molecule has 0 amide bonds. The molecule has 2 rings (SSSR count). The van der Waals surface area contributed by atoms with E-state index in [1.54, 1.807) is 0 Å². The van der Waals surface area contributed by atoms with Crippen LogP contribution in [0.2, 0.25) is 0 Å². The number of carbonyl (C=O) groups is 1. The Morgan fingerprint density at radius 2 is 2.00 bits per heavy atom. The molecule has 3 heteroatoms. The molecule has 1 heterocycles. The standard InChI is InChI=1S/C12H20O3/c1-8-6-10(2,3)7-12(8)11(4,15-12)9(13)14-5/h8H,6-7H2,1-5H3. The lowest BCUT2D eigenvalue weighted by Gasteiger charge is -2.16. The van der Waals surface area contributed by atoms with Gasteiger partial charge in [-0.2, -0.15) is 0 Å². The van der Waals surface area contributed by atoms with Gasteiger partial charge in [-0.05, 0) is 31.1 Å². The summed E-state index contributed by atoms with van der Waals surface area (Å²) in [5.41, 5.74) is -0.691. The molecule has 1 spiro atoms. The highest BCUT2D eigenvalue weighted by Gasteiger charge is 2.77. The first-order chi connectivity index (χ1) is 6.77. The van der Waals surface area contributed by atoms with Crippen molar-refractivity contribution in [1.82, 2.24) is 0 Å². The number of hydrogen-bond donors (Lipinski definition) is 0. The lowest BCUT2D eigenvalue weighted by atomic mass is 9.84. The number of methoxy groups -OCH3 is 1. The lowest BCUT2D eigenvalue weighted by Crippen LogP contribution is -2.34. The van der Waals surface area contributed by atoms with Gasteiger partial charge in [-0.3, -0.25) is 0 Å². The maximum absolute atomic E-state index is 11.7. The van der Waals surface area contributed by atoms with Gasteiger partial charge in [0.2, 0.25) is 0 Å². The zero-order valence-electron chi connectivity index (χ0n) is 10.2. The number of esters is 1. The molecule has 2 fully saturated rings. The van der Waals surface area contributed by atoms with Crippen LogP contribution >= 0.6 is 0 Å². The number of epoxide rings is 1. The quantitative estimate of drug-likeness (QED) is 0.494. The molecule has 0 aromatic carbocycles. The van der Waals surface area contributed by atoms with Gasteiger partial charge in [0.1, 0.15) is 5.60 Å². The van der Waals surface area contributed by atoms with Crippen molar-refractivity contribution in [2.75, 3.05) is 7.11 Å². The SMILES string of the molecule is COC(=O)C1(C)OC12CC(C)(C)CC2C. The fraction of sp³-hybridized carbons (Fsp3) is 0.917. The van der Waals surface area contributed by atoms with Crippen molar-refractivity contribution < 1.29 is 14.3 Å². The van der Waals surface area contributed by atoms with Crippen molar-refractivity contribution in [1.29, 1.82) is 0 Å². The Morgan fingerprint density at radius 1 is 1.40 bits per heavy atom. The Labute approximate surface area is 91.1 Å². The smallest absolute Gasteiger partial charge is 0.340 e. The molecular weight excluding hydrogens is 192 g/mol. The Morgan fingerprint density at radius 3 is 2.40 bits per heavy atom. The van der Waals surface area contributed by atoms with Crippen LogP contribution in [0.3, 0.4) is 0 Å². The van der Waals surface area contributed by atoms with E-state index in [1.165, 1.54) is 7.11 Å². The third kappa shape index (κ3) is 1.25. The van der Waals surface area contributed by atoms with E-state index in [2.05, 4.69) is 20.8 Å². The molecule has 86 valence electrons. The summed E-state index contributed by atoms with van der Waals surface area (Å²) in [4.78, 5) is 11.7. The second-order valence-corrected chi connectivity index (χ2v) is 5.96. The second-order valence-electron chi connectivity index (χ2n) is 5.96. The van der Waals surface area contributed by atoms with Gasteiger partial charge < -0.3 is 9.47 Å². The topological polar surface area (TPSA) is 38.8 Å². The van der Waals surface area contributed by atoms with Crippen LogP contribution in [0.25, 0.3) is 0 Å². The molecule has 1 aliphatic carbocycles. The van der Waals surface area contributed by atoms with Crippen LogP contribution in [-0.2, 0) is 14.3 Å². The van der Waals surface area contributed by atoms with Crippen molar-refractivity contribution in [2.45, 2.75) is 51.7 Å². The third-order valence-corrected chi connectivity index (χ3v) is 4.12. The molecule has 1 aliphatic heterocycles. The normalized spacial score (nSPS) is 46.9. The Kier molecular flexibility index (Phi) is 2.01. The van der Waals surface area contributed by atoms with Gasteiger partial charge in [0.15, 0.2) is 5.60 Å². The van der Waals surface area contributed by atoms with E-state index in [0.717, 1.165) is 12.8 Å². The van der Waals surface area contributed by atoms with Crippen LogP contribution in [-0.4, -0.2) is 24.3 Å². The van der Waals surface area contributed by atoms with Crippen molar-refractivity contribution in [3.8, 4) is 0 Å². The van der Waals surface area contributed by atoms with Crippen molar-refractivity contribution in [2.24, 2.45) is 11.3 Å². The minimum atomic E-state index is -0.699. The van der Waals surface area contributed by atoms with Gasteiger partial charge >= 0.3 is 5.97 Å². The molecule has 0 bridgehead atoms. The lowest BCUT2D eigenvalue weighted by molar-refractivity contribution is -0.146. The summed E-state index contributed by atoms with van der Waals surface area (Å²) in [6.45, 7) is 8.49. The summed E-state index contributed by atoms with van der Waals surface area (Å²) in [6.07, 6.45) is 2.06. The van der Waals surface area contributed by atoms with Crippen molar-refractivity contribution >= 4 is 5.97 Å². The van der Waals surface area contributed by atoms with E-state index in [1.807, 2.05) is 6.92 Å². The molecule has 0 aromatic rings. The number of rotatable bonds is 1. The minimum Gasteiger partial charge on any atom is -0.467 e. The molecule has 15 heavy (non-hydrogen) atoms. The first-order valence-electron chi connectivity index (χ1n) is 5.56. The highest BCUT2D eigenvalue weighted by atomic mass is 16.7. The maximum atomic E-state index is 11.7. The Hall–Kier alpha value is -0.570. The third-order valence-electron chi connectivity index (χ3n) is 4.12. The van der Waals surface area contributed by atoms with Gasteiger partial charge in [-0.1, -0.05) is 20.8 Å². The molecular formula is C12H20O3. The Bertz CT molecular complexity index is 310. The van der Waals surface area contributed by atoms with E-state index in [9.17, 15) is 4.79 Å². The number of carbonyl (C=O) groups excluding carboxylic acids is 1. The molecule has 1 saturated carbocycles. The fourth-order valence-corrected chi connectivity index (χ4v) is 3.47. The predicted molar refractivity (Wildman–Crippen MR) is 56.4 cm³/mol. The highest BCUT2D eigenvalue weighted by molar-refractivity contribution is 5.84. The predicted octanol–water partition coefficient (Wildman–Crippen LogP) is 2.14. The van der Waals surface area contributed by atoms with E-state index < -0.39 is 5.60 Å². The summed E-state index contributed by atoms with van der Waals surface area (Å²) in [7, 11) is 1.42. The molecule has 0 N–H and O–H groups in total.